The molecule has 0 heterocycles. The number of halogens is 1. The molecule has 1 unspecified atom stereocenters. The minimum atomic E-state index is -0.742. The van der Waals surface area contributed by atoms with Crippen molar-refractivity contribution in [3.8, 4) is 0 Å². The minimum absolute atomic E-state index is 0.274. The minimum Gasteiger partial charge on any atom is -0.467 e. The summed E-state index contributed by atoms with van der Waals surface area (Å²) in [6.45, 7) is 3.84. The Morgan fingerprint density at radius 2 is 1.71 bits per heavy atom. The summed E-state index contributed by atoms with van der Waals surface area (Å²) in [5.41, 5.74) is 2.99. The van der Waals surface area contributed by atoms with Crippen LogP contribution in [-0.2, 0) is 9.53 Å². The highest BCUT2D eigenvalue weighted by Gasteiger charge is 2.25. The van der Waals surface area contributed by atoms with Crippen molar-refractivity contribution in [3.63, 3.8) is 0 Å². The number of aryl methyl sites for hydroxylation is 2. The molecule has 2 aromatic rings. The van der Waals surface area contributed by atoms with Gasteiger partial charge in [-0.25, -0.2) is 9.18 Å². The molecule has 0 aliphatic heterocycles. The zero-order chi connectivity index (χ0) is 15.4. The van der Waals surface area contributed by atoms with E-state index in [4.69, 9.17) is 4.74 Å². The van der Waals surface area contributed by atoms with Crippen LogP contribution in [-0.4, -0.2) is 13.1 Å². The standard InChI is InChI=1S/C17H18FNO2/c1-11-7-6-8-12(2)15(11)16(17(20)21-3)19-14-10-5-4-9-13(14)18/h4-10,16,19H,1-3H3. The maximum absolute atomic E-state index is 13.8. The Balaban J connectivity index is 2.45. The Bertz CT molecular complexity index is 635. The summed E-state index contributed by atoms with van der Waals surface area (Å²) < 4.78 is 18.7. The third-order valence-corrected chi connectivity index (χ3v) is 3.44. The number of methoxy groups -OCH3 is 1. The van der Waals surface area contributed by atoms with E-state index >= 15 is 0 Å². The van der Waals surface area contributed by atoms with E-state index < -0.39 is 17.8 Å². The van der Waals surface area contributed by atoms with E-state index in [0.29, 0.717) is 0 Å². The van der Waals surface area contributed by atoms with E-state index in [1.54, 1.807) is 18.2 Å². The number of ether oxygens (including phenoxy) is 1. The first kappa shape index (κ1) is 15.0. The second kappa shape index (κ2) is 6.39. The summed E-state index contributed by atoms with van der Waals surface area (Å²) in [7, 11) is 1.33. The maximum atomic E-state index is 13.8. The van der Waals surface area contributed by atoms with Crippen LogP contribution >= 0.6 is 0 Å². The molecule has 110 valence electrons. The van der Waals surface area contributed by atoms with Gasteiger partial charge in [0.15, 0.2) is 6.04 Å². The first-order valence-electron chi connectivity index (χ1n) is 6.69. The number of esters is 1. The summed E-state index contributed by atoms with van der Waals surface area (Å²) in [4.78, 5) is 12.1. The van der Waals surface area contributed by atoms with E-state index in [2.05, 4.69) is 5.32 Å². The molecule has 3 nitrogen and oxygen atoms in total. The molecule has 21 heavy (non-hydrogen) atoms. The summed E-state index contributed by atoms with van der Waals surface area (Å²) >= 11 is 0. The van der Waals surface area contributed by atoms with Crippen LogP contribution in [0.5, 0.6) is 0 Å². The number of rotatable bonds is 4. The van der Waals surface area contributed by atoms with Crippen LogP contribution in [0.4, 0.5) is 10.1 Å². The molecule has 1 atom stereocenters. The number of benzene rings is 2. The molecule has 0 spiro atoms. The van der Waals surface area contributed by atoms with E-state index in [9.17, 15) is 9.18 Å². The Labute approximate surface area is 123 Å². The van der Waals surface area contributed by atoms with Gasteiger partial charge < -0.3 is 10.1 Å². The molecular formula is C17H18FNO2. The lowest BCUT2D eigenvalue weighted by Crippen LogP contribution is -2.24. The molecule has 4 heteroatoms. The molecule has 2 rings (SSSR count). The SMILES string of the molecule is COC(=O)C(Nc1ccccc1F)c1c(C)cccc1C. The van der Waals surface area contributed by atoms with Gasteiger partial charge in [0.2, 0.25) is 0 Å². The second-order valence-corrected chi connectivity index (χ2v) is 4.89. The third-order valence-electron chi connectivity index (χ3n) is 3.44. The van der Waals surface area contributed by atoms with E-state index in [1.807, 2.05) is 32.0 Å². The van der Waals surface area contributed by atoms with Gasteiger partial charge >= 0.3 is 5.97 Å². The zero-order valence-electron chi connectivity index (χ0n) is 12.3. The molecule has 2 aromatic carbocycles. The Kier molecular flexibility index (Phi) is 4.58. The molecule has 0 aliphatic rings. The van der Waals surface area contributed by atoms with Crippen LogP contribution in [0.3, 0.4) is 0 Å². The van der Waals surface area contributed by atoms with E-state index in [1.165, 1.54) is 13.2 Å². The molecule has 0 saturated heterocycles. The molecule has 0 fully saturated rings. The number of para-hydroxylation sites is 1. The molecular weight excluding hydrogens is 269 g/mol. The fourth-order valence-corrected chi connectivity index (χ4v) is 2.38. The van der Waals surface area contributed by atoms with Gasteiger partial charge in [-0.1, -0.05) is 30.3 Å². The van der Waals surface area contributed by atoms with E-state index in [-0.39, 0.29) is 5.69 Å². The van der Waals surface area contributed by atoms with Gasteiger partial charge in [-0.2, -0.15) is 0 Å². The lowest BCUT2D eigenvalue weighted by Gasteiger charge is -2.22. The molecule has 0 aromatic heterocycles. The molecule has 0 amide bonds. The van der Waals surface area contributed by atoms with Gasteiger partial charge in [-0.05, 0) is 42.7 Å². The Morgan fingerprint density at radius 1 is 1.10 bits per heavy atom. The van der Waals surface area contributed by atoms with Crippen LogP contribution in [0.2, 0.25) is 0 Å². The summed E-state index contributed by atoms with van der Waals surface area (Å²) in [5.74, 6) is -0.853. The zero-order valence-corrected chi connectivity index (χ0v) is 12.3. The van der Waals surface area contributed by atoms with Crippen LogP contribution in [0.1, 0.15) is 22.7 Å². The monoisotopic (exact) mass is 287 g/mol. The fourth-order valence-electron chi connectivity index (χ4n) is 2.38. The average molecular weight is 287 g/mol. The number of nitrogens with one attached hydrogen (secondary N) is 1. The smallest absolute Gasteiger partial charge is 0.333 e. The first-order valence-corrected chi connectivity index (χ1v) is 6.69. The average Bonchev–Trinajstić information content (AvgIpc) is 2.47. The lowest BCUT2D eigenvalue weighted by molar-refractivity contribution is -0.141. The molecule has 0 radical (unpaired) electrons. The van der Waals surface area contributed by atoms with Gasteiger partial charge in [0, 0.05) is 0 Å². The van der Waals surface area contributed by atoms with Crippen molar-refractivity contribution in [2.24, 2.45) is 0 Å². The third kappa shape index (κ3) is 3.21. The predicted octanol–water partition coefficient (Wildman–Crippen LogP) is 3.77. The van der Waals surface area contributed by atoms with Crippen molar-refractivity contribution in [2.45, 2.75) is 19.9 Å². The topological polar surface area (TPSA) is 38.3 Å². The van der Waals surface area contributed by atoms with Crippen LogP contribution in [0, 0.1) is 19.7 Å². The summed E-state index contributed by atoms with van der Waals surface area (Å²) in [6, 6.07) is 11.3. The highest BCUT2D eigenvalue weighted by molar-refractivity contribution is 5.82. The fraction of sp³-hybridized carbons (Fsp3) is 0.235. The molecule has 0 saturated carbocycles. The van der Waals surface area contributed by atoms with Crippen molar-refractivity contribution in [2.75, 3.05) is 12.4 Å². The maximum Gasteiger partial charge on any atom is 0.333 e. The van der Waals surface area contributed by atoms with Crippen LogP contribution < -0.4 is 5.32 Å². The van der Waals surface area contributed by atoms with Gasteiger partial charge in [0.25, 0.3) is 0 Å². The predicted molar refractivity (Wildman–Crippen MR) is 80.7 cm³/mol. The summed E-state index contributed by atoms with van der Waals surface area (Å²) in [6.07, 6.45) is 0. The normalized spacial score (nSPS) is 11.8. The van der Waals surface area contributed by atoms with Gasteiger partial charge in [-0.15, -0.1) is 0 Å². The van der Waals surface area contributed by atoms with Crippen LogP contribution in [0.25, 0.3) is 0 Å². The van der Waals surface area contributed by atoms with Crippen molar-refractivity contribution < 1.29 is 13.9 Å². The number of anilines is 1. The molecule has 1 N–H and O–H groups in total. The summed E-state index contributed by atoms with van der Waals surface area (Å²) in [5, 5.41) is 2.95. The Hall–Kier alpha value is -2.36. The van der Waals surface area contributed by atoms with Crippen molar-refractivity contribution >= 4 is 11.7 Å². The van der Waals surface area contributed by atoms with Crippen molar-refractivity contribution in [1.29, 1.82) is 0 Å². The van der Waals surface area contributed by atoms with Crippen molar-refractivity contribution in [1.82, 2.24) is 0 Å². The molecule has 0 aliphatic carbocycles. The van der Waals surface area contributed by atoms with Gasteiger partial charge in [0.1, 0.15) is 5.82 Å². The lowest BCUT2D eigenvalue weighted by atomic mass is 9.96. The largest absolute Gasteiger partial charge is 0.467 e. The quantitative estimate of drug-likeness (QED) is 0.870. The number of carbonyl (C=O) groups excluding carboxylic acids is 1. The highest BCUT2D eigenvalue weighted by atomic mass is 19.1. The van der Waals surface area contributed by atoms with Gasteiger partial charge in [0.05, 0.1) is 12.8 Å². The first-order chi connectivity index (χ1) is 10.0. The molecule has 0 bridgehead atoms. The van der Waals surface area contributed by atoms with Gasteiger partial charge in [-0.3, -0.25) is 0 Å². The number of hydrogen-bond donors (Lipinski definition) is 1. The highest BCUT2D eigenvalue weighted by Crippen LogP contribution is 2.27. The Morgan fingerprint density at radius 3 is 2.29 bits per heavy atom. The van der Waals surface area contributed by atoms with Crippen molar-refractivity contribution in [3.05, 3.63) is 65.0 Å². The number of carbonyl (C=O) groups is 1. The number of hydrogen-bond acceptors (Lipinski definition) is 3. The van der Waals surface area contributed by atoms with E-state index in [0.717, 1.165) is 16.7 Å². The second-order valence-electron chi connectivity index (χ2n) is 4.89. The van der Waals surface area contributed by atoms with Crippen LogP contribution in [0.15, 0.2) is 42.5 Å².